The first-order valence-corrected chi connectivity index (χ1v) is 6.72. The Morgan fingerprint density at radius 2 is 1.85 bits per heavy atom. The van der Waals surface area contributed by atoms with E-state index in [9.17, 15) is 9.59 Å². The first kappa shape index (κ1) is 16.2. The maximum absolute atomic E-state index is 11.7. The second-order valence-corrected chi connectivity index (χ2v) is 5.05. The molecule has 0 spiro atoms. The highest BCUT2D eigenvalue weighted by Gasteiger charge is 2.10. The topological polar surface area (TPSA) is 69.6 Å². The van der Waals surface area contributed by atoms with Crippen LogP contribution in [0.25, 0.3) is 0 Å². The first-order valence-electron chi connectivity index (χ1n) is 6.72. The van der Waals surface area contributed by atoms with Gasteiger partial charge in [0.25, 0.3) is 0 Å². The third-order valence-electron chi connectivity index (χ3n) is 3.19. The van der Waals surface area contributed by atoms with E-state index in [2.05, 4.69) is 19.2 Å². The number of aliphatic carboxylic acids is 1. The van der Waals surface area contributed by atoms with Crippen LogP contribution in [0.1, 0.15) is 31.7 Å². The molecule has 0 aliphatic heterocycles. The Labute approximate surface area is 119 Å². The lowest BCUT2D eigenvalue weighted by Crippen LogP contribution is -2.33. The van der Waals surface area contributed by atoms with Crippen molar-refractivity contribution in [3.05, 3.63) is 29.8 Å². The van der Waals surface area contributed by atoms with E-state index in [1.807, 2.05) is 24.3 Å². The van der Waals surface area contributed by atoms with Crippen LogP contribution < -0.4 is 5.32 Å². The van der Waals surface area contributed by atoms with Crippen LogP contribution in [0.2, 0.25) is 0 Å². The van der Waals surface area contributed by atoms with E-state index in [4.69, 9.17) is 5.11 Å². The maximum Gasteiger partial charge on any atom is 0.317 e. The Hall–Kier alpha value is -1.88. The monoisotopic (exact) mass is 278 g/mol. The molecule has 0 bridgehead atoms. The van der Waals surface area contributed by atoms with Gasteiger partial charge in [-0.2, -0.15) is 0 Å². The van der Waals surface area contributed by atoms with Crippen LogP contribution >= 0.6 is 0 Å². The summed E-state index contributed by atoms with van der Waals surface area (Å²) in [5.74, 6) is -0.662. The molecule has 20 heavy (non-hydrogen) atoms. The molecule has 0 saturated carbocycles. The highest BCUT2D eigenvalue weighted by atomic mass is 16.4. The fraction of sp³-hybridized carbons (Fsp3) is 0.467. The van der Waals surface area contributed by atoms with Crippen LogP contribution in [-0.2, 0) is 9.59 Å². The molecule has 0 aromatic heterocycles. The standard InChI is InChI=1S/C15H22N2O3/c1-4-11(2)12-5-7-13(8-6-12)16-14(18)9-17(3)10-15(19)20/h5-8,11H,4,9-10H2,1-3H3,(H,16,18)(H,19,20). The number of nitrogens with one attached hydrogen (secondary N) is 1. The number of likely N-dealkylation sites (N-methyl/N-ethyl adjacent to an activating group) is 1. The summed E-state index contributed by atoms with van der Waals surface area (Å²) in [4.78, 5) is 23.7. The zero-order chi connectivity index (χ0) is 15.1. The van der Waals surface area contributed by atoms with Crippen LogP contribution in [-0.4, -0.2) is 42.0 Å². The summed E-state index contributed by atoms with van der Waals surface area (Å²) in [6.07, 6.45) is 1.08. The van der Waals surface area contributed by atoms with Gasteiger partial charge in [-0.3, -0.25) is 14.5 Å². The number of rotatable bonds is 7. The second kappa shape index (κ2) is 7.65. The zero-order valence-corrected chi connectivity index (χ0v) is 12.2. The van der Waals surface area contributed by atoms with Crippen LogP contribution in [0.4, 0.5) is 5.69 Å². The number of hydrogen-bond acceptors (Lipinski definition) is 3. The van der Waals surface area contributed by atoms with E-state index in [1.165, 1.54) is 10.5 Å². The number of carbonyl (C=O) groups is 2. The summed E-state index contributed by atoms with van der Waals surface area (Å²) in [6, 6.07) is 7.75. The van der Waals surface area contributed by atoms with E-state index in [0.29, 0.717) is 5.92 Å². The molecule has 0 aliphatic carbocycles. The van der Waals surface area contributed by atoms with Crippen molar-refractivity contribution in [2.24, 2.45) is 0 Å². The molecule has 2 N–H and O–H groups in total. The van der Waals surface area contributed by atoms with Gasteiger partial charge < -0.3 is 10.4 Å². The average Bonchev–Trinajstić information content (AvgIpc) is 2.37. The van der Waals surface area contributed by atoms with E-state index in [-0.39, 0.29) is 19.0 Å². The van der Waals surface area contributed by atoms with Crippen molar-refractivity contribution >= 4 is 17.6 Å². The Balaban J connectivity index is 2.52. The lowest BCUT2D eigenvalue weighted by Gasteiger charge is -2.14. The molecule has 1 aromatic rings. The van der Waals surface area contributed by atoms with Crippen LogP contribution in [0, 0.1) is 0 Å². The van der Waals surface area contributed by atoms with Crippen LogP contribution in [0.15, 0.2) is 24.3 Å². The fourth-order valence-electron chi connectivity index (χ4n) is 1.86. The number of hydrogen-bond donors (Lipinski definition) is 2. The molecule has 0 aliphatic rings. The van der Waals surface area contributed by atoms with Gasteiger partial charge in [-0.25, -0.2) is 0 Å². The number of benzene rings is 1. The summed E-state index contributed by atoms with van der Waals surface area (Å²) in [6.45, 7) is 4.20. The van der Waals surface area contributed by atoms with E-state index < -0.39 is 5.97 Å². The Morgan fingerprint density at radius 3 is 2.35 bits per heavy atom. The third-order valence-corrected chi connectivity index (χ3v) is 3.19. The lowest BCUT2D eigenvalue weighted by atomic mass is 9.99. The molecule has 0 saturated heterocycles. The molecular formula is C15H22N2O3. The van der Waals surface area contributed by atoms with Crippen molar-refractivity contribution < 1.29 is 14.7 Å². The van der Waals surface area contributed by atoms with Gasteiger partial charge in [0.15, 0.2) is 0 Å². The van der Waals surface area contributed by atoms with Gasteiger partial charge >= 0.3 is 5.97 Å². The van der Waals surface area contributed by atoms with Crippen molar-refractivity contribution in [2.45, 2.75) is 26.2 Å². The summed E-state index contributed by atoms with van der Waals surface area (Å²) < 4.78 is 0. The van der Waals surface area contributed by atoms with Gasteiger partial charge in [0.05, 0.1) is 13.1 Å². The normalized spacial score (nSPS) is 12.2. The lowest BCUT2D eigenvalue weighted by molar-refractivity contribution is -0.138. The Bertz CT molecular complexity index is 457. The number of anilines is 1. The molecular weight excluding hydrogens is 256 g/mol. The maximum atomic E-state index is 11.7. The molecule has 1 unspecified atom stereocenters. The van der Waals surface area contributed by atoms with Crippen LogP contribution in [0.5, 0.6) is 0 Å². The number of nitrogens with zero attached hydrogens (tertiary/aromatic N) is 1. The van der Waals surface area contributed by atoms with Crippen LogP contribution in [0.3, 0.4) is 0 Å². The molecule has 110 valence electrons. The predicted octanol–water partition coefficient (Wildman–Crippen LogP) is 2.16. The molecule has 0 radical (unpaired) electrons. The highest BCUT2D eigenvalue weighted by Crippen LogP contribution is 2.20. The molecule has 0 heterocycles. The minimum atomic E-state index is -0.946. The quantitative estimate of drug-likeness (QED) is 0.802. The van der Waals surface area contributed by atoms with Crippen molar-refractivity contribution in [3.8, 4) is 0 Å². The summed E-state index contributed by atoms with van der Waals surface area (Å²) >= 11 is 0. The van der Waals surface area contributed by atoms with Gasteiger partial charge in [0.2, 0.25) is 5.91 Å². The zero-order valence-electron chi connectivity index (χ0n) is 12.2. The summed E-state index contributed by atoms with van der Waals surface area (Å²) in [5.41, 5.74) is 1.97. The number of carboxylic acids is 1. The van der Waals surface area contributed by atoms with Gasteiger partial charge in [0.1, 0.15) is 0 Å². The van der Waals surface area contributed by atoms with Crippen molar-refractivity contribution in [3.63, 3.8) is 0 Å². The van der Waals surface area contributed by atoms with Crippen molar-refractivity contribution in [1.82, 2.24) is 4.90 Å². The SMILES string of the molecule is CCC(C)c1ccc(NC(=O)CN(C)CC(=O)O)cc1. The molecule has 1 rings (SSSR count). The highest BCUT2D eigenvalue weighted by molar-refractivity contribution is 5.92. The minimum absolute atomic E-state index is 0.0550. The largest absolute Gasteiger partial charge is 0.480 e. The second-order valence-electron chi connectivity index (χ2n) is 5.05. The third kappa shape index (κ3) is 5.40. The molecule has 5 nitrogen and oxygen atoms in total. The van der Waals surface area contributed by atoms with Gasteiger partial charge in [-0.1, -0.05) is 26.0 Å². The predicted molar refractivity (Wildman–Crippen MR) is 78.9 cm³/mol. The Morgan fingerprint density at radius 1 is 1.25 bits per heavy atom. The fourth-order valence-corrected chi connectivity index (χ4v) is 1.86. The molecule has 1 aromatic carbocycles. The number of amides is 1. The summed E-state index contributed by atoms with van der Waals surface area (Å²) in [5, 5.41) is 11.4. The Kier molecular flexibility index (Phi) is 6.18. The van der Waals surface area contributed by atoms with E-state index in [1.54, 1.807) is 7.05 Å². The van der Waals surface area contributed by atoms with Crippen molar-refractivity contribution in [2.75, 3.05) is 25.5 Å². The molecule has 1 amide bonds. The van der Waals surface area contributed by atoms with Gasteiger partial charge in [-0.05, 0) is 37.1 Å². The molecule has 1 atom stereocenters. The smallest absolute Gasteiger partial charge is 0.317 e. The number of carboxylic acid groups (broad SMARTS) is 1. The first-order chi connectivity index (χ1) is 9.42. The van der Waals surface area contributed by atoms with Gasteiger partial charge in [-0.15, -0.1) is 0 Å². The number of carbonyl (C=O) groups excluding carboxylic acids is 1. The van der Waals surface area contributed by atoms with E-state index in [0.717, 1.165) is 12.1 Å². The van der Waals surface area contributed by atoms with Gasteiger partial charge in [0, 0.05) is 5.69 Å². The van der Waals surface area contributed by atoms with Crippen molar-refractivity contribution in [1.29, 1.82) is 0 Å². The summed E-state index contributed by atoms with van der Waals surface area (Å²) in [7, 11) is 1.60. The molecule has 5 heteroatoms. The molecule has 0 fully saturated rings. The minimum Gasteiger partial charge on any atom is -0.480 e. The average molecular weight is 278 g/mol. The van der Waals surface area contributed by atoms with E-state index >= 15 is 0 Å².